The number of benzene rings is 2. The number of anilines is 1. The number of halogens is 1. The molecule has 0 radical (unpaired) electrons. The van der Waals surface area contributed by atoms with E-state index in [9.17, 15) is 18.1 Å². The molecule has 12 heteroatoms. The van der Waals surface area contributed by atoms with Crippen molar-refractivity contribution >= 4 is 26.9 Å². The van der Waals surface area contributed by atoms with Gasteiger partial charge in [-0.25, -0.2) is 14.4 Å². The number of hydrogen-bond donors (Lipinski definition) is 2. The lowest BCUT2D eigenvalue weighted by Crippen LogP contribution is -2.32. The third-order valence-electron chi connectivity index (χ3n) is 6.72. The van der Waals surface area contributed by atoms with E-state index < -0.39 is 21.8 Å². The van der Waals surface area contributed by atoms with Crippen molar-refractivity contribution in [3.63, 3.8) is 0 Å². The molecule has 1 saturated heterocycles. The van der Waals surface area contributed by atoms with Gasteiger partial charge in [-0.1, -0.05) is 6.92 Å². The number of ether oxygens (including phenoxy) is 2. The minimum Gasteiger partial charge on any atom is -0.476 e. The Morgan fingerprint density at radius 2 is 2.03 bits per heavy atom. The highest BCUT2D eigenvalue weighted by Gasteiger charge is 2.53. The normalized spacial score (nSPS) is 20.7. The molecule has 1 aromatic heterocycles. The third kappa shape index (κ3) is 4.65. The fraction of sp³-hybridized carbons (Fsp3) is 0.375. The molecule has 1 aliphatic heterocycles. The van der Waals surface area contributed by atoms with Crippen LogP contribution in [0.3, 0.4) is 0 Å². The summed E-state index contributed by atoms with van der Waals surface area (Å²) < 4.78 is 54.5. The molecule has 3 aromatic rings. The molecular weight excluding hydrogens is 487 g/mol. The van der Waals surface area contributed by atoms with Gasteiger partial charge < -0.3 is 14.8 Å². The summed E-state index contributed by atoms with van der Waals surface area (Å²) in [6.45, 7) is 4.52. The van der Waals surface area contributed by atoms with Crippen molar-refractivity contribution in [3.05, 3.63) is 47.9 Å². The van der Waals surface area contributed by atoms with Crippen LogP contribution in [0.5, 0.6) is 17.4 Å². The number of fused-ring (bicyclic) bond motifs is 2. The van der Waals surface area contributed by atoms with E-state index in [1.54, 1.807) is 31.3 Å². The SMILES string of the molecule is CCN(C)S(=O)(=O)Nc1ccc(F)c(Oc2ccc3ncc(OCC4[C@H]5CNC[C@@H]45)nc3c2)c1C#N. The summed E-state index contributed by atoms with van der Waals surface area (Å²) in [5.41, 5.74) is 0.691. The zero-order valence-electron chi connectivity index (χ0n) is 19.7. The number of nitriles is 1. The van der Waals surface area contributed by atoms with Crippen molar-refractivity contribution in [2.75, 3.05) is 38.0 Å². The molecule has 10 nitrogen and oxygen atoms in total. The van der Waals surface area contributed by atoms with Crippen LogP contribution in [0.4, 0.5) is 10.1 Å². The van der Waals surface area contributed by atoms with E-state index >= 15 is 0 Å². The van der Waals surface area contributed by atoms with Gasteiger partial charge >= 0.3 is 10.2 Å². The van der Waals surface area contributed by atoms with Gasteiger partial charge in [-0.2, -0.15) is 18.0 Å². The fourth-order valence-electron chi connectivity index (χ4n) is 4.44. The van der Waals surface area contributed by atoms with E-state index in [4.69, 9.17) is 9.47 Å². The Morgan fingerprint density at radius 1 is 1.25 bits per heavy atom. The largest absolute Gasteiger partial charge is 0.476 e. The van der Waals surface area contributed by atoms with Crippen molar-refractivity contribution in [2.24, 2.45) is 17.8 Å². The van der Waals surface area contributed by atoms with Crippen LogP contribution < -0.4 is 19.5 Å². The van der Waals surface area contributed by atoms with Crippen molar-refractivity contribution < 1.29 is 22.3 Å². The molecule has 2 N–H and O–H groups in total. The van der Waals surface area contributed by atoms with Gasteiger partial charge in [0.2, 0.25) is 5.88 Å². The van der Waals surface area contributed by atoms with Crippen LogP contribution in [0.15, 0.2) is 36.5 Å². The van der Waals surface area contributed by atoms with Crippen LogP contribution in [0.25, 0.3) is 11.0 Å². The Bertz CT molecular complexity index is 1450. The van der Waals surface area contributed by atoms with Gasteiger partial charge in [-0.3, -0.25) is 4.72 Å². The average Bonchev–Trinajstić information content (AvgIpc) is 3.29. The number of rotatable bonds is 9. The van der Waals surface area contributed by atoms with Crippen LogP contribution in [0.1, 0.15) is 12.5 Å². The van der Waals surface area contributed by atoms with E-state index in [1.807, 2.05) is 6.07 Å². The van der Waals surface area contributed by atoms with Gasteiger partial charge in [0.1, 0.15) is 17.4 Å². The number of nitrogens with zero attached hydrogens (tertiary/aromatic N) is 4. The molecule has 2 aliphatic rings. The predicted molar refractivity (Wildman–Crippen MR) is 130 cm³/mol. The molecule has 1 aliphatic carbocycles. The summed E-state index contributed by atoms with van der Waals surface area (Å²) in [6, 6.07) is 8.85. The van der Waals surface area contributed by atoms with Gasteiger partial charge in [0.05, 0.1) is 29.5 Å². The maximum Gasteiger partial charge on any atom is 0.301 e. The van der Waals surface area contributed by atoms with Gasteiger partial charge in [-0.15, -0.1) is 0 Å². The first-order valence-corrected chi connectivity index (χ1v) is 13.0. The Labute approximate surface area is 208 Å². The van der Waals surface area contributed by atoms with Crippen LogP contribution >= 0.6 is 0 Å². The molecule has 1 unspecified atom stereocenters. The van der Waals surface area contributed by atoms with E-state index in [2.05, 4.69) is 20.0 Å². The van der Waals surface area contributed by atoms with E-state index in [1.165, 1.54) is 13.1 Å². The smallest absolute Gasteiger partial charge is 0.301 e. The Morgan fingerprint density at radius 3 is 2.75 bits per heavy atom. The molecular formula is C24H25FN6O4S. The minimum atomic E-state index is -3.93. The highest BCUT2D eigenvalue weighted by molar-refractivity contribution is 7.90. The first-order valence-electron chi connectivity index (χ1n) is 11.6. The van der Waals surface area contributed by atoms with Crippen LogP contribution in [-0.2, 0) is 10.2 Å². The molecule has 0 bridgehead atoms. The topological polar surface area (TPSA) is 129 Å². The Balaban J connectivity index is 1.38. The highest BCUT2D eigenvalue weighted by Crippen LogP contribution is 2.48. The summed E-state index contributed by atoms with van der Waals surface area (Å²) in [7, 11) is -2.54. The van der Waals surface area contributed by atoms with Crippen molar-refractivity contribution in [1.29, 1.82) is 5.26 Å². The Kier molecular flexibility index (Phi) is 6.38. The van der Waals surface area contributed by atoms with Crippen molar-refractivity contribution in [3.8, 4) is 23.4 Å². The second-order valence-electron chi connectivity index (χ2n) is 8.85. The minimum absolute atomic E-state index is 0.0921. The number of hydrogen-bond acceptors (Lipinski definition) is 8. The lowest BCUT2D eigenvalue weighted by Gasteiger charge is -2.18. The third-order valence-corrected chi connectivity index (χ3v) is 8.28. The zero-order valence-corrected chi connectivity index (χ0v) is 20.5. The van der Waals surface area contributed by atoms with Gasteiger partial charge in [-0.05, 0) is 49.2 Å². The maximum atomic E-state index is 14.7. The summed E-state index contributed by atoms with van der Waals surface area (Å²) in [5, 5.41) is 13.0. The van der Waals surface area contributed by atoms with Crippen LogP contribution in [-0.4, -0.2) is 56.0 Å². The molecule has 0 amide bonds. The summed E-state index contributed by atoms with van der Waals surface area (Å²) in [6.07, 6.45) is 1.57. The molecule has 36 heavy (non-hydrogen) atoms. The lowest BCUT2D eigenvalue weighted by atomic mass is 10.1. The Hall–Kier alpha value is -3.53. The predicted octanol–water partition coefficient (Wildman–Crippen LogP) is 2.89. The van der Waals surface area contributed by atoms with Crippen molar-refractivity contribution in [1.82, 2.24) is 19.6 Å². The van der Waals surface area contributed by atoms with Gasteiger partial charge in [0, 0.05) is 25.6 Å². The fourth-order valence-corrected chi connectivity index (χ4v) is 5.38. The first-order chi connectivity index (χ1) is 17.3. The number of nitrogens with one attached hydrogen (secondary N) is 2. The lowest BCUT2D eigenvalue weighted by molar-refractivity contribution is 0.270. The van der Waals surface area contributed by atoms with E-state index in [-0.39, 0.29) is 23.5 Å². The monoisotopic (exact) mass is 512 g/mol. The molecule has 2 fully saturated rings. The molecule has 5 rings (SSSR count). The van der Waals surface area contributed by atoms with E-state index in [0.29, 0.717) is 41.3 Å². The number of piperidine rings is 1. The highest BCUT2D eigenvalue weighted by atomic mass is 32.2. The quantitative estimate of drug-likeness (QED) is 0.448. The van der Waals surface area contributed by atoms with Crippen LogP contribution in [0.2, 0.25) is 0 Å². The summed E-state index contributed by atoms with van der Waals surface area (Å²) in [4.78, 5) is 8.86. The van der Waals surface area contributed by atoms with Crippen molar-refractivity contribution in [2.45, 2.75) is 6.92 Å². The second-order valence-corrected chi connectivity index (χ2v) is 10.6. The second kappa shape index (κ2) is 9.50. The first kappa shape index (κ1) is 24.2. The van der Waals surface area contributed by atoms with E-state index in [0.717, 1.165) is 23.5 Å². The average molecular weight is 513 g/mol. The maximum absolute atomic E-state index is 14.7. The zero-order chi connectivity index (χ0) is 25.4. The molecule has 188 valence electrons. The van der Waals surface area contributed by atoms with Crippen LogP contribution in [0, 0.1) is 34.9 Å². The molecule has 3 atom stereocenters. The molecule has 0 spiro atoms. The molecule has 1 saturated carbocycles. The summed E-state index contributed by atoms with van der Waals surface area (Å²) >= 11 is 0. The number of aromatic nitrogens is 2. The molecule has 2 aromatic carbocycles. The van der Waals surface area contributed by atoms with Gasteiger partial charge in [0.25, 0.3) is 0 Å². The van der Waals surface area contributed by atoms with Gasteiger partial charge in [0.15, 0.2) is 11.6 Å². The summed E-state index contributed by atoms with van der Waals surface area (Å²) in [5.74, 6) is 1.26. The standard InChI is InChI=1S/C24H25FN6O4S/c1-3-31(2)36(32,33)30-20-7-5-19(25)24(15(20)9-26)35-14-4-6-21-22(8-14)29-23(12-28-21)34-13-18-16-10-27-11-17(16)18/h4-8,12,16-18,27,30H,3,10-11,13H2,1-2H3/t16-,17+,18?. The molecule has 2 heterocycles.